The number of amides is 1. The number of hydrogen-bond donors (Lipinski definition) is 1. The Morgan fingerprint density at radius 3 is 2.45 bits per heavy atom. The summed E-state index contributed by atoms with van der Waals surface area (Å²) in [7, 11) is 1.58. The average molecular weight is 450 g/mol. The molecule has 2 heterocycles. The Balaban J connectivity index is 1.56. The molecule has 1 amide bonds. The second-order valence-electron chi connectivity index (χ2n) is 6.11. The molecule has 0 aliphatic heterocycles. The molecule has 0 saturated heterocycles. The minimum absolute atomic E-state index is 0.264. The van der Waals surface area contributed by atoms with Crippen LogP contribution in [-0.4, -0.2) is 23.0 Å². The lowest BCUT2D eigenvalue weighted by Crippen LogP contribution is -2.12. The van der Waals surface area contributed by atoms with Crippen LogP contribution in [0.25, 0.3) is 11.0 Å². The maximum atomic E-state index is 12.5. The zero-order valence-corrected chi connectivity index (χ0v) is 17.0. The normalized spacial score (nSPS) is 10.6. The highest BCUT2D eigenvalue weighted by atomic mass is 79.9. The van der Waals surface area contributed by atoms with Gasteiger partial charge < -0.3 is 14.8 Å². The Kier molecular flexibility index (Phi) is 5.39. The van der Waals surface area contributed by atoms with Crippen molar-refractivity contribution in [1.82, 2.24) is 9.97 Å². The van der Waals surface area contributed by atoms with Crippen molar-refractivity contribution >= 4 is 38.7 Å². The monoisotopic (exact) mass is 449 g/mol. The van der Waals surface area contributed by atoms with Gasteiger partial charge in [-0.1, -0.05) is 12.1 Å². The van der Waals surface area contributed by atoms with E-state index >= 15 is 0 Å². The predicted octanol–water partition coefficient (Wildman–Crippen LogP) is 5.45. The topological polar surface area (TPSA) is 73.3 Å². The van der Waals surface area contributed by atoms with E-state index in [2.05, 4.69) is 31.2 Å². The number of nitrogens with one attached hydrogen (secondary N) is 1. The number of para-hydroxylation sites is 1. The third kappa shape index (κ3) is 4.35. The van der Waals surface area contributed by atoms with Crippen LogP contribution in [0.5, 0.6) is 17.4 Å². The maximum Gasteiger partial charge on any atom is 0.256 e. The molecule has 0 unspecified atom stereocenters. The summed E-state index contributed by atoms with van der Waals surface area (Å²) in [6, 6.07) is 21.6. The maximum absolute atomic E-state index is 12.5. The summed E-state index contributed by atoms with van der Waals surface area (Å²) < 4.78 is 11.8. The Labute approximate surface area is 175 Å². The van der Waals surface area contributed by atoms with Gasteiger partial charge in [0, 0.05) is 17.0 Å². The standard InChI is InChI=1S/C22H16BrN3O3/c1-28-16-10-6-15(7-11-16)22(27)25-19-12-8-14-9-13-20(26-21(14)24-19)29-18-5-3-2-4-17(18)23/h2-13H,1H3,(H,24,25,26,27). The van der Waals surface area contributed by atoms with E-state index in [1.807, 2.05) is 36.4 Å². The second-order valence-corrected chi connectivity index (χ2v) is 6.96. The van der Waals surface area contributed by atoms with Crippen molar-refractivity contribution in [2.45, 2.75) is 0 Å². The number of carbonyl (C=O) groups excluding carboxylic acids is 1. The highest BCUT2D eigenvalue weighted by Crippen LogP contribution is 2.29. The molecule has 0 radical (unpaired) electrons. The SMILES string of the molecule is COc1ccc(C(=O)Nc2ccc3ccc(Oc4ccccc4Br)nc3n2)cc1. The number of aromatic nitrogens is 2. The molecule has 144 valence electrons. The highest BCUT2D eigenvalue weighted by molar-refractivity contribution is 9.10. The molecular weight excluding hydrogens is 434 g/mol. The molecular formula is C22H16BrN3O3. The Morgan fingerprint density at radius 1 is 0.931 bits per heavy atom. The van der Waals surface area contributed by atoms with Gasteiger partial charge in [0.15, 0.2) is 5.65 Å². The summed E-state index contributed by atoms with van der Waals surface area (Å²) >= 11 is 3.45. The Hall–Kier alpha value is -3.45. The second kappa shape index (κ2) is 8.28. The van der Waals surface area contributed by atoms with Crippen LogP contribution in [0.2, 0.25) is 0 Å². The number of methoxy groups -OCH3 is 1. The van der Waals surface area contributed by atoms with Crippen LogP contribution in [0.1, 0.15) is 10.4 Å². The van der Waals surface area contributed by atoms with Gasteiger partial charge in [-0.05, 0) is 70.5 Å². The van der Waals surface area contributed by atoms with Gasteiger partial charge in [0.05, 0.1) is 11.6 Å². The van der Waals surface area contributed by atoms with Gasteiger partial charge in [0.2, 0.25) is 5.88 Å². The van der Waals surface area contributed by atoms with E-state index < -0.39 is 0 Å². The molecule has 0 spiro atoms. The first-order chi connectivity index (χ1) is 14.1. The van der Waals surface area contributed by atoms with Crippen LogP contribution in [0.15, 0.2) is 77.3 Å². The van der Waals surface area contributed by atoms with Gasteiger partial charge in [0.25, 0.3) is 5.91 Å². The fourth-order valence-electron chi connectivity index (χ4n) is 2.68. The average Bonchev–Trinajstić information content (AvgIpc) is 2.75. The number of carbonyl (C=O) groups is 1. The van der Waals surface area contributed by atoms with E-state index in [1.54, 1.807) is 43.5 Å². The van der Waals surface area contributed by atoms with Crippen LogP contribution in [-0.2, 0) is 0 Å². The number of anilines is 1. The van der Waals surface area contributed by atoms with Crippen LogP contribution >= 0.6 is 15.9 Å². The summed E-state index contributed by atoms with van der Waals surface area (Å²) in [5, 5.41) is 3.63. The molecule has 1 N–H and O–H groups in total. The molecule has 4 aromatic rings. The Morgan fingerprint density at radius 2 is 1.69 bits per heavy atom. The van der Waals surface area contributed by atoms with E-state index in [0.717, 1.165) is 9.86 Å². The lowest BCUT2D eigenvalue weighted by atomic mass is 10.2. The number of pyridine rings is 2. The third-order valence-electron chi connectivity index (χ3n) is 4.17. The third-order valence-corrected chi connectivity index (χ3v) is 4.83. The van der Waals surface area contributed by atoms with Gasteiger partial charge in [-0.2, -0.15) is 4.98 Å². The number of nitrogens with zero attached hydrogens (tertiary/aromatic N) is 2. The fraction of sp³-hybridized carbons (Fsp3) is 0.0455. The van der Waals surface area contributed by atoms with Crippen LogP contribution in [0, 0.1) is 0 Å². The lowest BCUT2D eigenvalue weighted by molar-refractivity contribution is 0.102. The van der Waals surface area contributed by atoms with Crippen molar-refractivity contribution in [2.24, 2.45) is 0 Å². The van der Waals surface area contributed by atoms with Crippen molar-refractivity contribution in [2.75, 3.05) is 12.4 Å². The number of hydrogen-bond acceptors (Lipinski definition) is 5. The molecule has 4 rings (SSSR count). The van der Waals surface area contributed by atoms with E-state index in [4.69, 9.17) is 9.47 Å². The number of fused-ring (bicyclic) bond motifs is 1. The smallest absolute Gasteiger partial charge is 0.256 e. The Bertz CT molecular complexity index is 1180. The molecule has 7 heteroatoms. The first-order valence-corrected chi connectivity index (χ1v) is 9.57. The zero-order chi connectivity index (χ0) is 20.2. The molecule has 2 aromatic heterocycles. The number of ether oxygens (including phenoxy) is 2. The van der Waals surface area contributed by atoms with Crippen LogP contribution in [0.3, 0.4) is 0 Å². The van der Waals surface area contributed by atoms with Crippen LogP contribution in [0.4, 0.5) is 5.82 Å². The van der Waals surface area contributed by atoms with Gasteiger partial charge in [-0.3, -0.25) is 4.79 Å². The molecule has 6 nitrogen and oxygen atoms in total. The highest BCUT2D eigenvalue weighted by Gasteiger charge is 2.09. The van der Waals surface area contributed by atoms with E-state index in [1.165, 1.54) is 0 Å². The fourth-order valence-corrected chi connectivity index (χ4v) is 3.04. The van der Waals surface area contributed by atoms with Crippen molar-refractivity contribution < 1.29 is 14.3 Å². The lowest BCUT2D eigenvalue weighted by Gasteiger charge is -2.09. The largest absolute Gasteiger partial charge is 0.497 e. The first-order valence-electron chi connectivity index (χ1n) is 8.78. The van der Waals surface area contributed by atoms with Gasteiger partial charge in [-0.15, -0.1) is 0 Å². The molecule has 0 fully saturated rings. The quantitative estimate of drug-likeness (QED) is 0.438. The first kappa shape index (κ1) is 18.9. The molecule has 0 aliphatic carbocycles. The summed E-state index contributed by atoms with van der Waals surface area (Å²) in [6.45, 7) is 0. The molecule has 0 aliphatic rings. The van der Waals surface area contributed by atoms with Crippen molar-refractivity contribution in [3.63, 3.8) is 0 Å². The molecule has 0 saturated carbocycles. The van der Waals surface area contributed by atoms with Gasteiger partial charge >= 0.3 is 0 Å². The van der Waals surface area contributed by atoms with Crippen molar-refractivity contribution in [3.8, 4) is 17.4 Å². The summed E-state index contributed by atoms with van der Waals surface area (Å²) in [5.41, 5.74) is 0.980. The number of benzene rings is 2. The molecule has 0 atom stereocenters. The minimum Gasteiger partial charge on any atom is -0.497 e. The van der Waals surface area contributed by atoms with Crippen molar-refractivity contribution in [3.05, 3.63) is 82.8 Å². The van der Waals surface area contributed by atoms with E-state index in [9.17, 15) is 4.79 Å². The zero-order valence-electron chi connectivity index (χ0n) is 15.4. The van der Waals surface area contributed by atoms with E-state index in [-0.39, 0.29) is 5.91 Å². The predicted molar refractivity (Wildman–Crippen MR) is 115 cm³/mol. The molecule has 2 aromatic carbocycles. The van der Waals surface area contributed by atoms with Gasteiger partial charge in [-0.25, -0.2) is 4.98 Å². The van der Waals surface area contributed by atoms with Crippen molar-refractivity contribution in [1.29, 1.82) is 0 Å². The summed E-state index contributed by atoms with van der Waals surface area (Å²) in [5.74, 6) is 1.90. The number of halogens is 1. The van der Waals surface area contributed by atoms with Gasteiger partial charge in [0.1, 0.15) is 17.3 Å². The van der Waals surface area contributed by atoms with E-state index in [0.29, 0.717) is 34.4 Å². The van der Waals surface area contributed by atoms with Crippen LogP contribution < -0.4 is 14.8 Å². The molecule has 29 heavy (non-hydrogen) atoms. The molecule has 0 bridgehead atoms. The summed E-state index contributed by atoms with van der Waals surface area (Å²) in [6.07, 6.45) is 0. The minimum atomic E-state index is -0.264. The number of rotatable bonds is 5. The summed E-state index contributed by atoms with van der Waals surface area (Å²) in [4.78, 5) is 21.3.